The highest BCUT2D eigenvalue weighted by Crippen LogP contribution is 2.69. The molecular formula is C60H46N2. The van der Waals surface area contributed by atoms with Gasteiger partial charge in [0.25, 0.3) is 0 Å². The van der Waals surface area contributed by atoms with Crippen molar-refractivity contribution >= 4 is 77.2 Å². The summed E-state index contributed by atoms with van der Waals surface area (Å²) in [7, 11) is 0. The number of fused-ring (bicyclic) bond motifs is 4. The topological polar surface area (TPSA) is 6.48 Å². The van der Waals surface area contributed by atoms with Crippen molar-refractivity contribution in [2.75, 3.05) is 9.80 Å². The third kappa shape index (κ3) is 4.81. The van der Waals surface area contributed by atoms with Crippen molar-refractivity contribution in [1.82, 2.24) is 0 Å². The van der Waals surface area contributed by atoms with Crippen LogP contribution in [0.3, 0.4) is 0 Å². The van der Waals surface area contributed by atoms with Crippen LogP contribution in [0.1, 0.15) is 43.2 Å². The fourth-order valence-electron chi connectivity index (χ4n) is 13.8. The normalized spacial score (nSPS) is 21.9. The molecule has 10 aromatic carbocycles. The number of hydrogen-bond donors (Lipinski definition) is 0. The third-order valence-electron chi connectivity index (χ3n) is 15.9. The summed E-state index contributed by atoms with van der Waals surface area (Å²) >= 11 is 0. The first-order chi connectivity index (χ1) is 30.7. The first kappa shape index (κ1) is 34.8. The number of hydrogen-bond acceptors (Lipinski definition) is 2. The van der Waals surface area contributed by atoms with Gasteiger partial charge >= 0.3 is 0 Å². The van der Waals surface area contributed by atoms with Crippen LogP contribution in [-0.2, 0) is 5.41 Å². The Morgan fingerprint density at radius 1 is 0.339 bits per heavy atom. The summed E-state index contributed by atoms with van der Waals surface area (Å²) in [5.41, 5.74) is 13.3. The number of para-hydroxylation sites is 2. The van der Waals surface area contributed by atoms with E-state index >= 15 is 0 Å². The van der Waals surface area contributed by atoms with Crippen LogP contribution in [0.15, 0.2) is 194 Å². The Hall–Kier alpha value is -6.90. The van der Waals surface area contributed by atoms with Crippen LogP contribution in [0, 0.1) is 23.7 Å². The van der Waals surface area contributed by atoms with Crippen molar-refractivity contribution in [3.05, 3.63) is 205 Å². The Morgan fingerprint density at radius 2 is 0.823 bits per heavy atom. The van der Waals surface area contributed by atoms with Gasteiger partial charge < -0.3 is 9.80 Å². The predicted molar refractivity (Wildman–Crippen MR) is 260 cm³/mol. The SMILES string of the molecule is c1ccc(N(c2ccc3c(c2)-c2ccccc2C32C3CC4CC(C3)CC2C4)c2ccc3ccc4c(N(c5ccccc5)c5ccc6ccccc6c5)ccc5ccc2c3c54)cc1. The average molecular weight is 795 g/mol. The second-order valence-corrected chi connectivity index (χ2v) is 18.9. The lowest BCUT2D eigenvalue weighted by Gasteiger charge is -2.61. The molecule has 0 atom stereocenters. The quantitative estimate of drug-likeness (QED) is 0.155. The number of rotatable bonds is 6. The van der Waals surface area contributed by atoms with Crippen molar-refractivity contribution < 1.29 is 0 Å². The van der Waals surface area contributed by atoms with Gasteiger partial charge in [0.15, 0.2) is 0 Å². The van der Waals surface area contributed by atoms with Gasteiger partial charge in [-0.15, -0.1) is 0 Å². The lowest BCUT2D eigenvalue weighted by atomic mass is 9.43. The zero-order valence-electron chi connectivity index (χ0n) is 34.7. The average Bonchev–Trinajstić information content (AvgIpc) is 3.61. The van der Waals surface area contributed by atoms with Gasteiger partial charge in [-0.1, -0.05) is 133 Å². The van der Waals surface area contributed by atoms with Gasteiger partial charge in [0.05, 0.1) is 11.4 Å². The molecule has 2 nitrogen and oxygen atoms in total. The third-order valence-corrected chi connectivity index (χ3v) is 15.9. The van der Waals surface area contributed by atoms with E-state index in [0.717, 1.165) is 35.0 Å². The van der Waals surface area contributed by atoms with E-state index in [1.54, 1.807) is 11.1 Å². The molecule has 62 heavy (non-hydrogen) atoms. The molecule has 0 amide bonds. The van der Waals surface area contributed by atoms with E-state index in [4.69, 9.17) is 0 Å². The minimum absolute atomic E-state index is 0.153. The highest BCUT2D eigenvalue weighted by molar-refractivity contribution is 6.28. The predicted octanol–water partition coefficient (Wildman–Crippen LogP) is 16.4. The fourth-order valence-corrected chi connectivity index (χ4v) is 13.8. The van der Waals surface area contributed by atoms with Gasteiger partial charge in [0.2, 0.25) is 0 Å². The first-order valence-electron chi connectivity index (χ1n) is 22.8. The van der Waals surface area contributed by atoms with Crippen molar-refractivity contribution in [3.63, 3.8) is 0 Å². The highest BCUT2D eigenvalue weighted by Gasteiger charge is 2.61. The molecule has 4 saturated carbocycles. The van der Waals surface area contributed by atoms with Crippen molar-refractivity contribution in [1.29, 1.82) is 0 Å². The Morgan fingerprint density at radius 3 is 1.45 bits per heavy atom. The molecule has 15 rings (SSSR count). The van der Waals surface area contributed by atoms with E-state index in [9.17, 15) is 0 Å². The van der Waals surface area contributed by atoms with E-state index in [1.807, 2.05) is 0 Å². The molecule has 0 unspecified atom stereocenters. The van der Waals surface area contributed by atoms with Gasteiger partial charge in [-0.2, -0.15) is 0 Å². The molecule has 0 aliphatic heterocycles. The molecule has 4 bridgehead atoms. The molecule has 2 heteroatoms. The van der Waals surface area contributed by atoms with Gasteiger partial charge in [0, 0.05) is 38.9 Å². The molecule has 5 aliphatic carbocycles. The number of anilines is 6. The molecule has 0 radical (unpaired) electrons. The van der Waals surface area contributed by atoms with Crippen LogP contribution < -0.4 is 9.80 Å². The van der Waals surface area contributed by atoms with E-state index in [0.29, 0.717) is 0 Å². The Labute approximate surface area is 363 Å². The van der Waals surface area contributed by atoms with Gasteiger partial charge in [-0.25, -0.2) is 0 Å². The Bertz CT molecular complexity index is 3360. The lowest BCUT2D eigenvalue weighted by Crippen LogP contribution is -2.55. The summed E-state index contributed by atoms with van der Waals surface area (Å²) in [6.45, 7) is 0. The van der Waals surface area contributed by atoms with Crippen LogP contribution in [0.5, 0.6) is 0 Å². The lowest BCUT2D eigenvalue weighted by molar-refractivity contribution is -0.0399. The Balaban J connectivity index is 0.972. The van der Waals surface area contributed by atoms with Crippen molar-refractivity contribution in [2.45, 2.75) is 37.5 Å². The minimum Gasteiger partial charge on any atom is -0.310 e. The van der Waals surface area contributed by atoms with Crippen molar-refractivity contribution in [2.24, 2.45) is 23.7 Å². The second kappa shape index (κ2) is 13.1. The number of nitrogens with zero attached hydrogens (tertiary/aromatic N) is 2. The summed E-state index contributed by atoms with van der Waals surface area (Å²) in [6.07, 6.45) is 7.06. The van der Waals surface area contributed by atoms with Gasteiger partial charge in [-0.3, -0.25) is 0 Å². The largest absolute Gasteiger partial charge is 0.310 e. The molecule has 5 aliphatic rings. The second-order valence-electron chi connectivity index (χ2n) is 18.9. The molecule has 0 heterocycles. The van der Waals surface area contributed by atoms with E-state index in [1.165, 1.54) is 109 Å². The maximum Gasteiger partial charge on any atom is 0.0540 e. The molecule has 0 aromatic heterocycles. The smallest absolute Gasteiger partial charge is 0.0540 e. The maximum atomic E-state index is 2.57. The van der Waals surface area contributed by atoms with Crippen LogP contribution in [0.4, 0.5) is 34.1 Å². The molecule has 0 saturated heterocycles. The summed E-state index contributed by atoms with van der Waals surface area (Å²) in [6, 6.07) is 73.3. The molecule has 0 N–H and O–H groups in total. The molecule has 4 fully saturated rings. The fraction of sp³-hybridized carbons (Fsp3) is 0.167. The van der Waals surface area contributed by atoms with Crippen LogP contribution >= 0.6 is 0 Å². The molecule has 10 aromatic rings. The monoisotopic (exact) mass is 794 g/mol. The molecule has 1 spiro atoms. The van der Waals surface area contributed by atoms with E-state index < -0.39 is 0 Å². The van der Waals surface area contributed by atoms with Crippen LogP contribution in [0.2, 0.25) is 0 Å². The summed E-state index contributed by atoms with van der Waals surface area (Å²) in [5, 5.41) is 10.1. The van der Waals surface area contributed by atoms with Crippen LogP contribution in [0.25, 0.3) is 54.2 Å². The summed E-state index contributed by atoms with van der Waals surface area (Å²) in [5.74, 6) is 3.35. The van der Waals surface area contributed by atoms with Crippen molar-refractivity contribution in [3.8, 4) is 11.1 Å². The number of benzene rings is 10. The van der Waals surface area contributed by atoms with E-state index in [2.05, 4.69) is 204 Å². The van der Waals surface area contributed by atoms with Gasteiger partial charge in [0.1, 0.15) is 0 Å². The Kier molecular flexibility index (Phi) is 7.32. The zero-order valence-corrected chi connectivity index (χ0v) is 34.7. The standard InChI is InChI=1S/C60H46N2/c1-3-13-46(14-4-1)61(48-24-19-40-11-7-8-12-43(40)36-48)56-29-22-41-21-27-52-57(30-23-42-20-26-51(56)58(41)59(42)52)62(47-15-5-2-6-16-47)49-25-28-55-53(37-49)50-17-9-10-18-54(50)60(55)44-32-38-31-39(34-44)35-45(60)33-38/h1-30,36-39,44-45H,31-35H2. The molecular weight excluding hydrogens is 749 g/mol. The summed E-state index contributed by atoms with van der Waals surface area (Å²) in [4.78, 5) is 4.97. The van der Waals surface area contributed by atoms with Crippen LogP contribution in [-0.4, -0.2) is 0 Å². The van der Waals surface area contributed by atoms with Gasteiger partial charge in [-0.05, 0) is 171 Å². The maximum absolute atomic E-state index is 2.57. The zero-order chi connectivity index (χ0) is 40.5. The summed E-state index contributed by atoms with van der Waals surface area (Å²) < 4.78 is 0. The van der Waals surface area contributed by atoms with E-state index in [-0.39, 0.29) is 5.41 Å². The first-order valence-corrected chi connectivity index (χ1v) is 22.8. The molecule has 296 valence electrons. The highest BCUT2D eigenvalue weighted by atomic mass is 15.1. The minimum atomic E-state index is 0.153.